The molecule has 1 saturated heterocycles. The summed E-state index contributed by atoms with van der Waals surface area (Å²) in [5, 5.41) is 12.0. The molecule has 0 bridgehead atoms. The molecule has 2 fully saturated rings. The Morgan fingerprint density at radius 2 is 1.80 bits per heavy atom. The molecule has 1 aliphatic heterocycles. The van der Waals surface area contributed by atoms with Crippen molar-refractivity contribution in [2.45, 2.75) is 64.8 Å². The highest BCUT2D eigenvalue weighted by Gasteiger charge is 2.36. The molecule has 0 aromatic rings. The van der Waals surface area contributed by atoms with Crippen LogP contribution in [-0.4, -0.2) is 28.4 Å². The zero-order valence-corrected chi connectivity index (χ0v) is 10.1. The fraction of sp³-hybridized carbons (Fsp3) is 1.00. The zero-order valence-electron chi connectivity index (χ0n) is 10.1. The average molecular weight is 212 g/mol. The van der Waals surface area contributed by atoms with Crippen molar-refractivity contribution in [1.29, 1.82) is 0 Å². The first-order valence-corrected chi connectivity index (χ1v) is 6.30. The average Bonchev–Trinajstić information content (AvgIpc) is 2.50. The third-order valence-corrected chi connectivity index (χ3v) is 4.22. The Balaban J connectivity index is 1.94. The number of hydrogen-bond donors (Lipinski definition) is 2. The molecule has 5 unspecified atom stereocenters. The lowest BCUT2D eigenvalue weighted by Gasteiger charge is -2.38. The van der Waals surface area contributed by atoms with Gasteiger partial charge < -0.3 is 5.11 Å². The van der Waals surface area contributed by atoms with Crippen LogP contribution in [0.4, 0.5) is 0 Å². The highest BCUT2D eigenvalue weighted by molar-refractivity contribution is 4.85. The van der Waals surface area contributed by atoms with Crippen molar-refractivity contribution in [1.82, 2.24) is 10.4 Å². The van der Waals surface area contributed by atoms with Gasteiger partial charge in [0.2, 0.25) is 0 Å². The van der Waals surface area contributed by atoms with Crippen LogP contribution in [-0.2, 0) is 0 Å². The molecule has 1 aliphatic carbocycles. The largest absolute Gasteiger partial charge is 0.377 e. The lowest BCUT2D eigenvalue weighted by molar-refractivity contribution is -0.0416. The van der Waals surface area contributed by atoms with Gasteiger partial charge in [0.15, 0.2) is 0 Å². The van der Waals surface area contributed by atoms with Gasteiger partial charge in [-0.25, -0.2) is 10.4 Å². The maximum absolute atomic E-state index is 9.93. The number of rotatable bonds is 1. The second-order valence-corrected chi connectivity index (χ2v) is 5.58. The van der Waals surface area contributed by atoms with E-state index in [2.05, 4.69) is 31.2 Å². The summed E-state index contributed by atoms with van der Waals surface area (Å²) in [6, 6.07) is 0.964. The highest BCUT2D eigenvalue weighted by atomic mass is 16.3. The number of nitrogens with zero attached hydrogens (tertiary/aromatic N) is 1. The summed E-state index contributed by atoms with van der Waals surface area (Å²) in [4.78, 5) is 0. The summed E-state index contributed by atoms with van der Waals surface area (Å²) in [5.74, 6) is 1.63. The molecule has 2 aliphatic rings. The van der Waals surface area contributed by atoms with Gasteiger partial charge in [-0.2, -0.15) is 0 Å². The first-order chi connectivity index (χ1) is 7.08. The highest BCUT2D eigenvalue weighted by Crippen LogP contribution is 2.33. The molecular weight excluding hydrogens is 188 g/mol. The minimum Gasteiger partial charge on any atom is -0.377 e. The monoisotopic (exact) mass is 212 g/mol. The molecule has 0 spiro atoms. The van der Waals surface area contributed by atoms with E-state index >= 15 is 0 Å². The van der Waals surface area contributed by atoms with Crippen LogP contribution in [0.3, 0.4) is 0 Å². The first kappa shape index (κ1) is 11.4. The van der Waals surface area contributed by atoms with Crippen molar-refractivity contribution in [2.75, 3.05) is 0 Å². The predicted molar refractivity (Wildman–Crippen MR) is 61.0 cm³/mol. The molecule has 88 valence electrons. The molecule has 1 saturated carbocycles. The molecule has 1 heterocycles. The Morgan fingerprint density at radius 3 is 2.33 bits per heavy atom. The second kappa shape index (κ2) is 4.40. The minimum atomic E-state index is -0.273. The summed E-state index contributed by atoms with van der Waals surface area (Å²) in [6.07, 6.45) is 4.33. The van der Waals surface area contributed by atoms with Crippen LogP contribution in [0.1, 0.15) is 46.5 Å². The molecule has 0 aromatic heterocycles. The molecular formula is C12H24N2O. The van der Waals surface area contributed by atoms with Gasteiger partial charge in [-0.3, -0.25) is 0 Å². The van der Waals surface area contributed by atoms with Crippen molar-refractivity contribution in [3.63, 3.8) is 0 Å². The molecule has 5 atom stereocenters. The predicted octanol–water partition coefficient (Wildman–Crippen LogP) is 1.73. The van der Waals surface area contributed by atoms with E-state index in [1.165, 1.54) is 19.3 Å². The molecule has 2 rings (SSSR count). The van der Waals surface area contributed by atoms with Crippen LogP contribution in [0.5, 0.6) is 0 Å². The van der Waals surface area contributed by atoms with Crippen LogP contribution in [0.25, 0.3) is 0 Å². The van der Waals surface area contributed by atoms with Gasteiger partial charge in [-0.05, 0) is 38.0 Å². The summed E-state index contributed by atoms with van der Waals surface area (Å²) in [5.41, 5.74) is 3.39. The lowest BCUT2D eigenvalue weighted by atomic mass is 9.79. The molecule has 2 N–H and O–H groups in total. The van der Waals surface area contributed by atoms with Crippen LogP contribution >= 0.6 is 0 Å². The molecule has 3 heteroatoms. The van der Waals surface area contributed by atoms with Crippen LogP contribution in [0.2, 0.25) is 0 Å². The standard InChI is InChI=1S/C12H24N2O/c1-8-4-5-11(6-9(8)2)14-12(15)7-10(3)13-14/h8-13,15H,4-7H2,1-3H3. The zero-order chi connectivity index (χ0) is 11.0. The fourth-order valence-corrected chi connectivity index (χ4v) is 2.94. The molecule has 0 radical (unpaired) electrons. The van der Waals surface area contributed by atoms with E-state index in [0.29, 0.717) is 12.1 Å². The van der Waals surface area contributed by atoms with Crippen LogP contribution < -0.4 is 5.43 Å². The van der Waals surface area contributed by atoms with Gasteiger partial charge in [-0.15, -0.1) is 0 Å². The second-order valence-electron chi connectivity index (χ2n) is 5.58. The van der Waals surface area contributed by atoms with Crippen molar-refractivity contribution < 1.29 is 5.11 Å². The van der Waals surface area contributed by atoms with Gasteiger partial charge in [0.05, 0.1) is 0 Å². The number of aliphatic hydroxyl groups is 1. The normalized spacial score (nSPS) is 48.4. The van der Waals surface area contributed by atoms with Gasteiger partial charge in [0.25, 0.3) is 0 Å². The van der Waals surface area contributed by atoms with Crippen LogP contribution in [0.15, 0.2) is 0 Å². The maximum atomic E-state index is 9.93. The third-order valence-electron chi connectivity index (χ3n) is 4.22. The van der Waals surface area contributed by atoms with Crippen molar-refractivity contribution in [3.8, 4) is 0 Å². The quantitative estimate of drug-likeness (QED) is 0.695. The Labute approximate surface area is 92.8 Å². The van der Waals surface area contributed by atoms with E-state index in [0.717, 1.165) is 18.3 Å². The SMILES string of the molecule is CC1CC(O)N(C2CCC(C)C(C)C2)N1. The summed E-state index contributed by atoms with van der Waals surface area (Å²) < 4.78 is 0. The Hall–Kier alpha value is -0.120. The summed E-state index contributed by atoms with van der Waals surface area (Å²) >= 11 is 0. The Morgan fingerprint density at radius 1 is 1.07 bits per heavy atom. The van der Waals surface area contributed by atoms with E-state index in [9.17, 15) is 5.11 Å². The van der Waals surface area contributed by atoms with E-state index < -0.39 is 0 Å². The Bertz CT molecular complexity index is 222. The fourth-order valence-electron chi connectivity index (χ4n) is 2.94. The number of nitrogens with one attached hydrogen (secondary N) is 1. The number of hydrogen-bond acceptors (Lipinski definition) is 3. The Kier molecular flexibility index (Phi) is 3.33. The number of hydrazine groups is 1. The van der Waals surface area contributed by atoms with Crippen molar-refractivity contribution >= 4 is 0 Å². The van der Waals surface area contributed by atoms with E-state index in [-0.39, 0.29) is 6.23 Å². The minimum absolute atomic E-state index is 0.273. The van der Waals surface area contributed by atoms with E-state index in [1.807, 2.05) is 0 Å². The molecule has 3 nitrogen and oxygen atoms in total. The molecule has 0 aromatic carbocycles. The number of aliphatic hydroxyl groups excluding tert-OH is 1. The van der Waals surface area contributed by atoms with Gasteiger partial charge in [0.1, 0.15) is 6.23 Å². The summed E-state index contributed by atoms with van der Waals surface area (Å²) in [7, 11) is 0. The van der Waals surface area contributed by atoms with Crippen LogP contribution in [0, 0.1) is 11.8 Å². The van der Waals surface area contributed by atoms with Gasteiger partial charge in [0, 0.05) is 18.5 Å². The smallest absolute Gasteiger partial charge is 0.121 e. The van der Waals surface area contributed by atoms with E-state index in [4.69, 9.17) is 0 Å². The van der Waals surface area contributed by atoms with Gasteiger partial charge in [-0.1, -0.05) is 13.8 Å². The molecule has 0 amide bonds. The van der Waals surface area contributed by atoms with Gasteiger partial charge >= 0.3 is 0 Å². The lowest BCUT2D eigenvalue weighted by Crippen LogP contribution is -2.49. The van der Waals surface area contributed by atoms with Crippen molar-refractivity contribution in [3.05, 3.63) is 0 Å². The third kappa shape index (κ3) is 2.35. The summed E-state index contributed by atoms with van der Waals surface area (Å²) in [6.45, 7) is 6.82. The molecule has 15 heavy (non-hydrogen) atoms. The first-order valence-electron chi connectivity index (χ1n) is 6.30. The van der Waals surface area contributed by atoms with Crippen molar-refractivity contribution in [2.24, 2.45) is 11.8 Å². The topological polar surface area (TPSA) is 35.5 Å². The maximum Gasteiger partial charge on any atom is 0.121 e. The van der Waals surface area contributed by atoms with E-state index in [1.54, 1.807) is 0 Å².